The summed E-state index contributed by atoms with van der Waals surface area (Å²) in [6, 6.07) is 1.44. The number of benzene rings is 1. The first-order valence-electron chi connectivity index (χ1n) is 17.3. The van der Waals surface area contributed by atoms with Crippen LogP contribution in [0, 0.1) is 23.0 Å². The molecule has 4 aromatic rings. The first-order valence-corrected chi connectivity index (χ1v) is 17.3. The molecule has 3 saturated heterocycles. The van der Waals surface area contributed by atoms with Crippen molar-refractivity contribution in [3.8, 4) is 17.3 Å². The van der Waals surface area contributed by atoms with Gasteiger partial charge in [-0.15, -0.1) is 0 Å². The molecule has 9 heterocycles. The molecule has 8 aliphatic rings. The van der Waals surface area contributed by atoms with Crippen LogP contribution in [0.5, 0.6) is 6.01 Å². The number of hydrogen-bond donors (Lipinski definition) is 2. The fourth-order valence-corrected chi connectivity index (χ4v) is 10.2. The van der Waals surface area contributed by atoms with Crippen LogP contribution in [-0.4, -0.2) is 98.5 Å². The van der Waals surface area contributed by atoms with E-state index in [9.17, 15) is 9.50 Å². The van der Waals surface area contributed by atoms with Crippen LogP contribution >= 0.6 is 0 Å². The lowest BCUT2D eigenvalue weighted by Gasteiger charge is -2.57. The van der Waals surface area contributed by atoms with Crippen molar-refractivity contribution >= 4 is 27.6 Å². The van der Waals surface area contributed by atoms with Gasteiger partial charge in [0.1, 0.15) is 35.6 Å². The molecule has 0 unspecified atom stereocenters. The maximum atomic E-state index is 17.2. The van der Waals surface area contributed by atoms with Crippen LogP contribution in [0.2, 0.25) is 0 Å². The van der Waals surface area contributed by atoms with E-state index in [1.807, 2.05) is 0 Å². The molecule has 2 N–H and O–H groups in total. The van der Waals surface area contributed by atoms with Gasteiger partial charge in [-0.25, -0.2) is 13.2 Å². The number of nitrogens with one attached hydrogen (secondary N) is 1. The Morgan fingerprint density at radius 2 is 1.98 bits per heavy atom. The molecule has 252 valence electrons. The topological polar surface area (TPSA) is 113 Å². The smallest absolute Gasteiger partial charge is 0.319 e. The van der Waals surface area contributed by atoms with Crippen LogP contribution in [0.25, 0.3) is 33.1 Å². The summed E-state index contributed by atoms with van der Waals surface area (Å²) in [6.45, 7) is 3.38. The van der Waals surface area contributed by atoms with E-state index in [4.69, 9.17) is 14.5 Å². The molecular weight excluding hydrogens is 623 g/mol. The average molecular weight is 662 g/mol. The Morgan fingerprint density at radius 1 is 1.10 bits per heavy atom. The van der Waals surface area contributed by atoms with Crippen LogP contribution in [0.1, 0.15) is 62.8 Å². The van der Waals surface area contributed by atoms with E-state index >= 15 is 8.78 Å². The van der Waals surface area contributed by atoms with Gasteiger partial charge in [0, 0.05) is 48.8 Å². The molecule has 13 heteroatoms. The van der Waals surface area contributed by atoms with Crippen LogP contribution in [0.15, 0.2) is 18.5 Å². The van der Waals surface area contributed by atoms with Crippen molar-refractivity contribution in [1.29, 1.82) is 0 Å². The zero-order valence-corrected chi connectivity index (χ0v) is 26.7. The lowest BCUT2D eigenvalue weighted by atomic mass is 9.56. The number of ether oxygens (including phenoxy) is 2. The summed E-state index contributed by atoms with van der Waals surface area (Å²) in [4.78, 5) is 18.5. The number of pyridine rings is 1. The van der Waals surface area contributed by atoms with Gasteiger partial charge in [-0.2, -0.15) is 15.1 Å². The van der Waals surface area contributed by atoms with Gasteiger partial charge in [-0.1, -0.05) is 0 Å². The lowest BCUT2D eigenvalue weighted by Crippen LogP contribution is -2.60. The lowest BCUT2D eigenvalue weighted by molar-refractivity contribution is -0.168. The summed E-state index contributed by atoms with van der Waals surface area (Å²) >= 11 is 0. The minimum atomic E-state index is -0.917. The van der Waals surface area contributed by atoms with Crippen LogP contribution in [-0.2, 0) is 4.74 Å². The molecule has 0 radical (unpaired) electrons. The van der Waals surface area contributed by atoms with Gasteiger partial charge in [0.25, 0.3) is 0 Å². The van der Waals surface area contributed by atoms with E-state index in [-0.39, 0.29) is 47.7 Å². The van der Waals surface area contributed by atoms with Gasteiger partial charge in [-0.3, -0.25) is 15.0 Å². The van der Waals surface area contributed by atoms with Crippen molar-refractivity contribution in [3.63, 3.8) is 0 Å². The maximum absolute atomic E-state index is 17.2. The van der Waals surface area contributed by atoms with Crippen molar-refractivity contribution in [3.05, 3.63) is 35.7 Å². The van der Waals surface area contributed by atoms with Gasteiger partial charge >= 0.3 is 6.01 Å². The number of anilines is 1. The van der Waals surface area contributed by atoms with E-state index < -0.39 is 28.9 Å². The molecule has 6 aliphatic heterocycles. The molecule has 5 fully saturated rings. The monoisotopic (exact) mass is 661 g/mol. The third-order valence-electron chi connectivity index (χ3n) is 12.2. The van der Waals surface area contributed by atoms with Crippen molar-refractivity contribution in [2.45, 2.75) is 74.6 Å². The Balaban J connectivity index is 1.14. The third-order valence-corrected chi connectivity index (χ3v) is 12.2. The van der Waals surface area contributed by atoms with Gasteiger partial charge in [0.05, 0.1) is 41.5 Å². The van der Waals surface area contributed by atoms with Crippen LogP contribution < -0.4 is 9.64 Å². The van der Waals surface area contributed by atoms with Gasteiger partial charge in [0.2, 0.25) is 0 Å². The molecule has 48 heavy (non-hydrogen) atoms. The summed E-state index contributed by atoms with van der Waals surface area (Å²) in [5, 5.41) is 19.4. The van der Waals surface area contributed by atoms with Gasteiger partial charge in [0.15, 0.2) is 5.82 Å². The molecular formula is C35H38F3N7O3. The number of fused-ring (bicyclic) bond motifs is 2. The maximum Gasteiger partial charge on any atom is 0.319 e. The van der Waals surface area contributed by atoms with Crippen molar-refractivity contribution < 1.29 is 27.8 Å². The van der Waals surface area contributed by atoms with Crippen molar-refractivity contribution in [1.82, 2.24) is 30.0 Å². The Labute approximate surface area is 275 Å². The van der Waals surface area contributed by atoms with Gasteiger partial charge in [-0.05, 0) is 74.8 Å². The second-order valence-corrected chi connectivity index (χ2v) is 15.6. The number of alkyl halides is 1. The number of nitrogens with zero attached hydrogens (tertiary/aromatic N) is 6. The third kappa shape index (κ3) is 4.42. The number of rotatable bonds is 3. The summed E-state index contributed by atoms with van der Waals surface area (Å²) in [5.41, 5.74) is -0.221. The SMILES string of the molecule is OC12COC[C@@H]3C[C@@H]3c3c(F)cc4[nH]ncc4c3-c3ncc4c(nc(OC[C@@]56CCCN5C[C@H](F)C6)nc4c3F)N3CCCC(C3)(C1)C2. The molecule has 2 aliphatic carbocycles. The fourth-order valence-electron chi connectivity index (χ4n) is 10.2. The highest BCUT2D eigenvalue weighted by molar-refractivity contribution is 5.99. The molecule has 0 amide bonds. The fraction of sp³-hybridized carbons (Fsp3) is 0.600. The van der Waals surface area contributed by atoms with Crippen LogP contribution in [0.4, 0.5) is 19.0 Å². The Hall–Kier alpha value is -3.55. The van der Waals surface area contributed by atoms with Crippen molar-refractivity contribution in [2.24, 2.45) is 11.3 Å². The molecule has 12 rings (SSSR count). The first-order chi connectivity index (χ1) is 23.2. The number of aliphatic hydroxyl groups is 1. The van der Waals surface area contributed by atoms with E-state index in [2.05, 4.69) is 30.0 Å². The summed E-state index contributed by atoms with van der Waals surface area (Å²) in [7, 11) is 0. The molecule has 1 spiro atoms. The van der Waals surface area contributed by atoms with E-state index in [0.717, 1.165) is 32.2 Å². The number of halogens is 3. The number of piperidine rings is 1. The number of aromatic amines is 1. The Bertz CT molecular complexity index is 1970. The zero-order valence-electron chi connectivity index (χ0n) is 26.7. The van der Waals surface area contributed by atoms with Gasteiger partial charge < -0.3 is 19.5 Å². The van der Waals surface area contributed by atoms with E-state index in [1.54, 1.807) is 12.4 Å². The highest BCUT2D eigenvalue weighted by Crippen LogP contribution is 2.56. The summed E-state index contributed by atoms with van der Waals surface area (Å²) in [5.74, 6) is -0.771. The van der Waals surface area contributed by atoms with Crippen molar-refractivity contribution in [2.75, 3.05) is 50.9 Å². The normalized spacial score (nSPS) is 34.2. The summed E-state index contributed by atoms with van der Waals surface area (Å²) in [6.07, 6.45) is 8.20. The van der Waals surface area contributed by atoms with E-state index in [1.165, 1.54) is 6.07 Å². The molecule has 7 bridgehead atoms. The second-order valence-electron chi connectivity index (χ2n) is 15.6. The predicted molar refractivity (Wildman–Crippen MR) is 171 cm³/mol. The molecule has 2 saturated carbocycles. The average Bonchev–Trinajstić information content (AvgIpc) is 3.31. The minimum Gasteiger partial charge on any atom is -0.461 e. The van der Waals surface area contributed by atoms with E-state index in [0.29, 0.717) is 85.2 Å². The highest BCUT2D eigenvalue weighted by atomic mass is 19.1. The number of H-pyrrole nitrogens is 1. The minimum absolute atomic E-state index is 0.00167. The quantitative estimate of drug-likeness (QED) is 0.312. The molecule has 10 nitrogen and oxygen atoms in total. The van der Waals surface area contributed by atoms with Crippen LogP contribution in [0.3, 0.4) is 0 Å². The Kier molecular flexibility index (Phi) is 6.27. The largest absolute Gasteiger partial charge is 0.461 e. The zero-order chi connectivity index (χ0) is 32.4. The first kappa shape index (κ1) is 29.4. The standard InChI is InChI=1S/C35H38F3N7O3/c36-20-9-34(4-2-6-45(34)12-20)17-48-32-41-29-23-10-39-30(28(29)38)27-22-11-40-43-25(22)8-24(37)26(27)21-7-19(21)13-47-18-35(46)14-33(15-35)3-1-5-44(16-33)31(23)42-32/h8,10-11,19-21,46H,1-7,9,12-18H2,(H,40,43)/t19-,20+,21-,33?,34-,35?/m0/s1. The Morgan fingerprint density at radius 3 is 2.88 bits per heavy atom. The highest BCUT2D eigenvalue weighted by Gasteiger charge is 2.56. The summed E-state index contributed by atoms with van der Waals surface area (Å²) < 4.78 is 60.1. The molecule has 4 atom stereocenters. The molecule has 1 aromatic carbocycles. The number of aromatic nitrogens is 5. The molecule has 3 aromatic heterocycles. The second kappa shape index (κ2) is 10.2. The number of hydrogen-bond acceptors (Lipinski definition) is 9. The predicted octanol–water partition coefficient (Wildman–Crippen LogP) is 5.05.